The summed E-state index contributed by atoms with van der Waals surface area (Å²) in [4.78, 5) is 11.6. The number of aromatic carboxylic acids is 1. The number of carboxylic acids is 1. The van der Waals surface area contributed by atoms with Crippen molar-refractivity contribution >= 4 is 17.3 Å². The van der Waals surface area contributed by atoms with E-state index < -0.39 is 11.8 Å². The van der Waals surface area contributed by atoms with E-state index in [0.717, 1.165) is 27.9 Å². The molecule has 3 heterocycles. The van der Waals surface area contributed by atoms with E-state index in [1.165, 1.54) is 13.2 Å². The Kier molecular flexibility index (Phi) is 3.42. The van der Waals surface area contributed by atoms with Crippen molar-refractivity contribution in [1.82, 2.24) is 4.57 Å². The number of nitrogens with zero attached hydrogens (tertiary/aromatic N) is 1. The Bertz CT molecular complexity index is 944. The number of ether oxygens (including phenoxy) is 1. The summed E-state index contributed by atoms with van der Waals surface area (Å²) in [5, 5.41) is 13.5. The van der Waals surface area contributed by atoms with Gasteiger partial charge in [0, 0.05) is 17.7 Å². The summed E-state index contributed by atoms with van der Waals surface area (Å²) in [7, 11) is 1.43. The van der Waals surface area contributed by atoms with Gasteiger partial charge in [-0.1, -0.05) is 0 Å². The Morgan fingerprint density at radius 3 is 2.83 bits per heavy atom. The van der Waals surface area contributed by atoms with Crippen LogP contribution in [-0.2, 0) is 13.0 Å². The van der Waals surface area contributed by atoms with E-state index in [2.05, 4.69) is 0 Å². The zero-order valence-corrected chi connectivity index (χ0v) is 13.7. The van der Waals surface area contributed by atoms with Crippen molar-refractivity contribution in [3.63, 3.8) is 0 Å². The molecule has 122 valence electrons. The lowest BCUT2D eigenvalue weighted by Gasteiger charge is -2.22. The number of thiophene rings is 1. The van der Waals surface area contributed by atoms with Crippen molar-refractivity contribution in [2.24, 2.45) is 0 Å². The summed E-state index contributed by atoms with van der Waals surface area (Å²) in [5.74, 6) is -1.20. The molecule has 1 N–H and O–H groups in total. The zero-order chi connectivity index (χ0) is 16.8. The highest BCUT2D eigenvalue weighted by Gasteiger charge is 2.27. The Labute approximate surface area is 141 Å². The second kappa shape index (κ2) is 5.49. The Hall–Kier alpha value is -2.60. The first-order chi connectivity index (χ1) is 11.6. The molecule has 0 radical (unpaired) electrons. The molecule has 0 saturated carbocycles. The molecule has 6 heteroatoms. The van der Waals surface area contributed by atoms with Crippen LogP contribution in [0.25, 0.3) is 22.4 Å². The fraction of sp³-hybridized carbons (Fsp3) is 0.167. The molecule has 0 unspecified atom stereocenters. The van der Waals surface area contributed by atoms with Crippen molar-refractivity contribution in [3.05, 3.63) is 52.1 Å². The van der Waals surface area contributed by atoms with Crippen LogP contribution < -0.4 is 4.74 Å². The number of halogens is 1. The van der Waals surface area contributed by atoms with E-state index >= 15 is 0 Å². The Morgan fingerprint density at radius 1 is 1.33 bits per heavy atom. The van der Waals surface area contributed by atoms with Crippen molar-refractivity contribution in [1.29, 1.82) is 0 Å². The number of carbonyl (C=O) groups is 1. The van der Waals surface area contributed by atoms with Crippen LogP contribution in [0.2, 0.25) is 0 Å². The van der Waals surface area contributed by atoms with Crippen LogP contribution in [0.3, 0.4) is 0 Å². The maximum absolute atomic E-state index is 14.0. The molecule has 0 fully saturated rings. The highest BCUT2D eigenvalue weighted by atomic mass is 32.1. The molecule has 0 saturated heterocycles. The summed E-state index contributed by atoms with van der Waals surface area (Å²) in [6, 6.07) is 6.81. The molecular formula is C18H14FNO3S. The maximum Gasteiger partial charge on any atom is 0.352 e. The summed E-state index contributed by atoms with van der Waals surface area (Å²) in [6.07, 6.45) is 0.585. The van der Waals surface area contributed by atoms with Gasteiger partial charge in [0.15, 0.2) is 11.6 Å². The Morgan fingerprint density at radius 2 is 2.17 bits per heavy atom. The van der Waals surface area contributed by atoms with Gasteiger partial charge in [-0.25, -0.2) is 9.18 Å². The highest BCUT2D eigenvalue weighted by Crippen LogP contribution is 2.42. The first-order valence-corrected chi connectivity index (χ1v) is 8.40. The average molecular weight is 343 g/mol. The van der Waals surface area contributed by atoms with Gasteiger partial charge in [0.1, 0.15) is 5.69 Å². The van der Waals surface area contributed by atoms with E-state index in [1.807, 2.05) is 16.8 Å². The lowest BCUT2D eigenvalue weighted by Crippen LogP contribution is -2.16. The summed E-state index contributed by atoms with van der Waals surface area (Å²) in [6.45, 7) is 0.514. The average Bonchev–Trinajstić information content (AvgIpc) is 3.21. The van der Waals surface area contributed by atoms with Crippen molar-refractivity contribution in [2.75, 3.05) is 7.11 Å². The smallest absolute Gasteiger partial charge is 0.352 e. The largest absolute Gasteiger partial charge is 0.494 e. The van der Waals surface area contributed by atoms with Gasteiger partial charge in [-0.15, -0.1) is 0 Å². The third kappa shape index (κ3) is 2.14. The quantitative estimate of drug-likeness (QED) is 0.772. The van der Waals surface area contributed by atoms with Crippen LogP contribution in [0.15, 0.2) is 35.0 Å². The van der Waals surface area contributed by atoms with Gasteiger partial charge >= 0.3 is 5.97 Å². The molecule has 4 nitrogen and oxygen atoms in total. The number of aromatic nitrogens is 1. The fourth-order valence-electron chi connectivity index (χ4n) is 3.30. The molecule has 0 atom stereocenters. The number of carboxylic acid groups (broad SMARTS) is 1. The number of benzene rings is 1. The van der Waals surface area contributed by atoms with Crippen LogP contribution in [0.4, 0.5) is 4.39 Å². The van der Waals surface area contributed by atoms with Crippen molar-refractivity contribution < 1.29 is 19.0 Å². The molecule has 0 amide bonds. The standard InChI is InChI=1S/C18H14FNO3S/c1-23-16-8-13-10(6-14(16)19)2-4-20-15(18(21)22)7-12(17(13)20)11-3-5-24-9-11/h3,5-9H,2,4H2,1H3,(H,21,22). The van der Waals surface area contributed by atoms with Crippen molar-refractivity contribution in [2.45, 2.75) is 13.0 Å². The summed E-state index contributed by atoms with van der Waals surface area (Å²) < 4.78 is 20.9. The zero-order valence-electron chi connectivity index (χ0n) is 12.9. The molecule has 24 heavy (non-hydrogen) atoms. The predicted molar refractivity (Wildman–Crippen MR) is 90.4 cm³/mol. The minimum Gasteiger partial charge on any atom is -0.494 e. The summed E-state index contributed by atoms with van der Waals surface area (Å²) >= 11 is 1.55. The molecule has 0 bridgehead atoms. The molecular weight excluding hydrogens is 329 g/mol. The monoisotopic (exact) mass is 343 g/mol. The van der Waals surface area contributed by atoms with Gasteiger partial charge in [-0.05, 0) is 52.6 Å². The third-order valence-corrected chi connectivity index (χ3v) is 5.07. The normalized spacial score (nSPS) is 12.6. The number of rotatable bonds is 3. The minimum absolute atomic E-state index is 0.163. The van der Waals surface area contributed by atoms with E-state index in [-0.39, 0.29) is 11.4 Å². The van der Waals surface area contributed by atoms with Gasteiger partial charge in [-0.2, -0.15) is 11.3 Å². The maximum atomic E-state index is 14.0. The number of hydrogen-bond acceptors (Lipinski definition) is 3. The molecule has 0 spiro atoms. The first kappa shape index (κ1) is 15.0. The fourth-order valence-corrected chi connectivity index (χ4v) is 3.95. The van der Waals surface area contributed by atoms with E-state index in [0.29, 0.717) is 13.0 Å². The predicted octanol–water partition coefficient (Wildman–Crippen LogP) is 4.29. The lowest BCUT2D eigenvalue weighted by molar-refractivity contribution is 0.0685. The third-order valence-electron chi connectivity index (χ3n) is 4.39. The molecule has 1 aliphatic rings. The van der Waals surface area contributed by atoms with Gasteiger partial charge in [0.25, 0.3) is 0 Å². The second-order valence-corrected chi connectivity index (χ2v) is 6.43. The number of hydrogen-bond donors (Lipinski definition) is 1. The molecule has 1 aliphatic heterocycles. The van der Waals surface area contributed by atoms with E-state index in [4.69, 9.17) is 4.74 Å². The van der Waals surface area contributed by atoms with Crippen LogP contribution in [-0.4, -0.2) is 22.8 Å². The number of aryl methyl sites for hydroxylation is 1. The van der Waals surface area contributed by atoms with Crippen LogP contribution in [0.5, 0.6) is 5.75 Å². The summed E-state index contributed by atoms with van der Waals surface area (Å²) in [5.41, 5.74) is 4.57. The SMILES string of the molecule is COc1cc2c(cc1F)CCn1c(C(=O)O)cc(-c3ccsc3)c1-2. The highest BCUT2D eigenvalue weighted by molar-refractivity contribution is 7.08. The van der Waals surface area contributed by atoms with Gasteiger partial charge in [0.05, 0.1) is 12.8 Å². The second-order valence-electron chi connectivity index (χ2n) is 5.65. The lowest BCUT2D eigenvalue weighted by atomic mass is 9.94. The molecule has 3 aromatic rings. The minimum atomic E-state index is -0.963. The van der Waals surface area contributed by atoms with Crippen LogP contribution in [0, 0.1) is 5.82 Å². The van der Waals surface area contributed by atoms with Gasteiger partial charge in [0.2, 0.25) is 0 Å². The molecule has 4 rings (SSSR count). The van der Waals surface area contributed by atoms with E-state index in [9.17, 15) is 14.3 Å². The Balaban J connectivity index is 2.03. The van der Waals surface area contributed by atoms with E-state index in [1.54, 1.807) is 28.0 Å². The number of methoxy groups -OCH3 is 1. The topological polar surface area (TPSA) is 51.5 Å². The van der Waals surface area contributed by atoms with Crippen LogP contribution >= 0.6 is 11.3 Å². The molecule has 1 aromatic carbocycles. The molecule has 2 aromatic heterocycles. The molecule has 0 aliphatic carbocycles. The van der Waals surface area contributed by atoms with Crippen molar-refractivity contribution in [3.8, 4) is 28.1 Å². The number of fused-ring (bicyclic) bond motifs is 3. The van der Waals surface area contributed by atoms with Crippen LogP contribution in [0.1, 0.15) is 16.1 Å². The van der Waals surface area contributed by atoms with Gasteiger partial charge in [-0.3, -0.25) is 0 Å². The first-order valence-electron chi connectivity index (χ1n) is 7.46. The van der Waals surface area contributed by atoms with Gasteiger partial charge < -0.3 is 14.4 Å².